The highest BCUT2D eigenvalue weighted by Gasteiger charge is 2.74. The van der Waals surface area contributed by atoms with E-state index in [1.807, 2.05) is 0 Å². The lowest BCUT2D eigenvalue weighted by molar-refractivity contribution is -0.258. The standard InChI is InChI=1S/C13H13F9O/c1-3-6-5-7(11(14,15)16)10(8(23)4-2,13(20,21)22)9(6)12(17,18)19/h5,8,23H,3-4H2,1-2H3. The van der Waals surface area contributed by atoms with Gasteiger partial charge in [0.05, 0.1) is 17.3 Å². The van der Waals surface area contributed by atoms with E-state index in [4.69, 9.17) is 0 Å². The Morgan fingerprint density at radius 2 is 1.43 bits per heavy atom. The minimum absolute atomic E-state index is 0.144. The number of aliphatic hydroxyl groups excluding tert-OH is 1. The van der Waals surface area contributed by atoms with Crippen LogP contribution in [0, 0.1) is 5.41 Å². The number of rotatable bonds is 3. The number of aliphatic hydroxyl groups is 1. The molecule has 0 aromatic heterocycles. The Bertz CT molecular complexity index is 521. The number of hydrogen-bond acceptors (Lipinski definition) is 1. The lowest BCUT2D eigenvalue weighted by Crippen LogP contribution is -2.54. The fraction of sp³-hybridized carbons (Fsp3) is 0.692. The summed E-state index contributed by atoms with van der Waals surface area (Å²) in [6.45, 7) is 1.89. The molecule has 0 aliphatic heterocycles. The normalized spacial score (nSPS) is 25.0. The summed E-state index contributed by atoms with van der Waals surface area (Å²) in [5.74, 6) is 0. The van der Waals surface area contributed by atoms with Gasteiger partial charge >= 0.3 is 18.5 Å². The van der Waals surface area contributed by atoms with Crippen molar-refractivity contribution >= 4 is 0 Å². The first-order valence-electron chi connectivity index (χ1n) is 6.50. The maximum absolute atomic E-state index is 13.5. The van der Waals surface area contributed by atoms with Gasteiger partial charge in [-0.25, -0.2) is 0 Å². The molecule has 134 valence electrons. The van der Waals surface area contributed by atoms with Crippen molar-refractivity contribution in [3.05, 3.63) is 22.8 Å². The van der Waals surface area contributed by atoms with Crippen LogP contribution in [0.1, 0.15) is 26.7 Å². The number of halogens is 9. The molecule has 0 aromatic carbocycles. The van der Waals surface area contributed by atoms with Gasteiger partial charge in [-0.05, 0) is 24.5 Å². The van der Waals surface area contributed by atoms with Gasteiger partial charge in [-0.1, -0.05) is 13.8 Å². The maximum Gasteiger partial charge on any atom is 0.414 e. The van der Waals surface area contributed by atoms with Crippen molar-refractivity contribution < 1.29 is 44.6 Å². The molecule has 2 unspecified atom stereocenters. The summed E-state index contributed by atoms with van der Waals surface area (Å²) in [6.07, 6.45) is -22.0. The molecule has 0 spiro atoms. The molecule has 23 heavy (non-hydrogen) atoms. The summed E-state index contributed by atoms with van der Waals surface area (Å²) in [5, 5.41) is 9.63. The monoisotopic (exact) mass is 356 g/mol. The lowest BCUT2D eigenvalue weighted by atomic mass is 9.69. The van der Waals surface area contributed by atoms with Crippen LogP contribution in [0.15, 0.2) is 22.8 Å². The van der Waals surface area contributed by atoms with Crippen molar-refractivity contribution in [2.45, 2.75) is 51.3 Å². The van der Waals surface area contributed by atoms with E-state index in [0.29, 0.717) is 0 Å². The molecule has 0 radical (unpaired) electrons. The van der Waals surface area contributed by atoms with Gasteiger partial charge in [-0.15, -0.1) is 0 Å². The van der Waals surface area contributed by atoms with Crippen LogP contribution in [0.25, 0.3) is 0 Å². The van der Waals surface area contributed by atoms with Gasteiger partial charge in [-0.3, -0.25) is 0 Å². The molecule has 0 fully saturated rings. The van der Waals surface area contributed by atoms with Gasteiger partial charge in [0.25, 0.3) is 0 Å². The van der Waals surface area contributed by atoms with E-state index in [2.05, 4.69) is 0 Å². The molecular weight excluding hydrogens is 343 g/mol. The molecule has 1 aliphatic carbocycles. The second-order valence-electron chi connectivity index (χ2n) is 5.04. The molecular formula is C13H13F9O. The summed E-state index contributed by atoms with van der Waals surface area (Å²) in [7, 11) is 0. The van der Waals surface area contributed by atoms with E-state index < -0.39 is 59.6 Å². The van der Waals surface area contributed by atoms with Crippen LogP contribution >= 0.6 is 0 Å². The largest absolute Gasteiger partial charge is 0.414 e. The van der Waals surface area contributed by atoms with E-state index in [9.17, 15) is 44.6 Å². The highest BCUT2D eigenvalue weighted by molar-refractivity contribution is 5.53. The fourth-order valence-electron chi connectivity index (χ4n) is 2.87. The van der Waals surface area contributed by atoms with Crippen molar-refractivity contribution in [2.75, 3.05) is 0 Å². The van der Waals surface area contributed by atoms with Crippen LogP contribution in [0.3, 0.4) is 0 Å². The Labute approximate surface area is 125 Å². The summed E-state index contributed by atoms with van der Waals surface area (Å²) in [6, 6.07) is 0. The van der Waals surface area contributed by atoms with E-state index in [0.717, 1.165) is 13.8 Å². The second kappa shape index (κ2) is 5.71. The van der Waals surface area contributed by atoms with E-state index >= 15 is 0 Å². The van der Waals surface area contributed by atoms with Gasteiger partial charge < -0.3 is 5.11 Å². The highest BCUT2D eigenvalue weighted by Crippen LogP contribution is 2.64. The first-order valence-corrected chi connectivity index (χ1v) is 6.50. The summed E-state index contributed by atoms with van der Waals surface area (Å²) in [4.78, 5) is 0. The SMILES string of the molecule is CCC1=C(C(F)(F)F)C(C(O)CC)(C(F)(F)F)C(C(F)(F)F)=C1. The van der Waals surface area contributed by atoms with E-state index in [1.165, 1.54) is 0 Å². The van der Waals surface area contributed by atoms with Gasteiger partial charge in [-0.2, -0.15) is 39.5 Å². The third-order valence-corrected chi connectivity index (χ3v) is 3.76. The van der Waals surface area contributed by atoms with Crippen molar-refractivity contribution in [3.8, 4) is 0 Å². The predicted octanol–water partition coefficient (Wildman–Crippen LogP) is 5.08. The van der Waals surface area contributed by atoms with Gasteiger partial charge in [0, 0.05) is 0 Å². The Morgan fingerprint density at radius 3 is 1.70 bits per heavy atom. The molecule has 0 aromatic rings. The molecule has 0 heterocycles. The first kappa shape index (κ1) is 19.9. The van der Waals surface area contributed by atoms with Crippen LogP contribution in [-0.4, -0.2) is 29.7 Å². The average molecular weight is 356 g/mol. The molecule has 0 amide bonds. The van der Waals surface area contributed by atoms with Gasteiger partial charge in [0.2, 0.25) is 0 Å². The number of hydrogen-bond donors (Lipinski definition) is 1. The van der Waals surface area contributed by atoms with E-state index in [-0.39, 0.29) is 6.08 Å². The van der Waals surface area contributed by atoms with Crippen molar-refractivity contribution in [1.29, 1.82) is 0 Å². The van der Waals surface area contributed by atoms with Crippen LogP contribution in [0.2, 0.25) is 0 Å². The van der Waals surface area contributed by atoms with Crippen LogP contribution in [-0.2, 0) is 0 Å². The zero-order valence-electron chi connectivity index (χ0n) is 11.9. The van der Waals surface area contributed by atoms with Crippen LogP contribution < -0.4 is 0 Å². The van der Waals surface area contributed by atoms with Gasteiger partial charge in [0.1, 0.15) is 0 Å². The van der Waals surface area contributed by atoms with E-state index in [1.54, 1.807) is 0 Å². The number of allylic oxidation sites excluding steroid dienone is 2. The molecule has 1 nitrogen and oxygen atoms in total. The maximum atomic E-state index is 13.5. The highest BCUT2D eigenvalue weighted by atomic mass is 19.4. The van der Waals surface area contributed by atoms with Crippen LogP contribution in [0.5, 0.6) is 0 Å². The van der Waals surface area contributed by atoms with Gasteiger partial charge in [0.15, 0.2) is 5.41 Å². The lowest BCUT2D eigenvalue weighted by Gasteiger charge is -2.41. The quantitative estimate of drug-likeness (QED) is 0.700. The second-order valence-corrected chi connectivity index (χ2v) is 5.04. The molecule has 1 rings (SSSR count). The van der Waals surface area contributed by atoms with Crippen molar-refractivity contribution in [2.24, 2.45) is 5.41 Å². The molecule has 10 heteroatoms. The molecule has 0 bridgehead atoms. The molecule has 0 saturated heterocycles. The Hall–Kier alpha value is -1.19. The zero-order valence-corrected chi connectivity index (χ0v) is 11.9. The average Bonchev–Trinajstić information content (AvgIpc) is 2.73. The van der Waals surface area contributed by atoms with Crippen molar-refractivity contribution in [1.82, 2.24) is 0 Å². The summed E-state index contributed by atoms with van der Waals surface area (Å²) < 4.78 is 119. The number of alkyl halides is 9. The predicted molar refractivity (Wildman–Crippen MR) is 62.3 cm³/mol. The molecule has 1 aliphatic rings. The summed E-state index contributed by atoms with van der Waals surface area (Å²) in [5.41, 5.74) is -10.5. The Kier molecular flexibility index (Phi) is 4.93. The first-order chi connectivity index (χ1) is 10.2. The molecule has 1 N–H and O–H groups in total. The van der Waals surface area contributed by atoms with Crippen molar-refractivity contribution in [3.63, 3.8) is 0 Å². The van der Waals surface area contributed by atoms with Crippen LogP contribution in [0.4, 0.5) is 39.5 Å². The minimum Gasteiger partial charge on any atom is -0.392 e. The zero-order chi connectivity index (χ0) is 18.4. The molecule has 2 atom stereocenters. The smallest absolute Gasteiger partial charge is 0.392 e. The summed E-state index contributed by atoms with van der Waals surface area (Å²) >= 11 is 0. The molecule has 0 saturated carbocycles. The third-order valence-electron chi connectivity index (χ3n) is 3.76. The third kappa shape index (κ3) is 2.97. The fourth-order valence-corrected chi connectivity index (χ4v) is 2.87. The minimum atomic E-state index is -5.98. The Balaban J connectivity index is 3.94. The topological polar surface area (TPSA) is 20.2 Å². The Morgan fingerprint density at radius 1 is 0.957 bits per heavy atom.